The van der Waals surface area contributed by atoms with E-state index >= 15 is 0 Å². The first-order valence-electron chi connectivity index (χ1n) is 12.6. The van der Waals surface area contributed by atoms with Crippen LogP contribution in [-0.4, -0.2) is 40.7 Å². The van der Waals surface area contributed by atoms with Gasteiger partial charge in [-0.15, -0.1) is 0 Å². The van der Waals surface area contributed by atoms with E-state index in [0.29, 0.717) is 19.0 Å². The van der Waals surface area contributed by atoms with Crippen LogP contribution in [-0.2, 0) is 16.1 Å². The van der Waals surface area contributed by atoms with E-state index in [-0.39, 0.29) is 31.1 Å². The van der Waals surface area contributed by atoms with Gasteiger partial charge in [-0.05, 0) is 61.8 Å². The third kappa shape index (κ3) is 4.62. The summed E-state index contributed by atoms with van der Waals surface area (Å²) < 4.78 is 15.7. The van der Waals surface area contributed by atoms with Gasteiger partial charge in [-0.3, -0.25) is 14.6 Å². The van der Waals surface area contributed by atoms with Crippen LogP contribution in [0.15, 0.2) is 54.6 Å². The second kappa shape index (κ2) is 9.56. The molecule has 1 aliphatic heterocycles. The molecule has 5 rings (SSSR count). The zero-order valence-corrected chi connectivity index (χ0v) is 18.9. The molecule has 2 saturated carbocycles. The van der Waals surface area contributed by atoms with Gasteiger partial charge in [0.15, 0.2) is 0 Å². The van der Waals surface area contributed by atoms with E-state index < -0.39 is 12.0 Å². The third-order valence-corrected chi connectivity index (χ3v) is 7.09. The number of carboxylic acid groups (broad SMARTS) is 1. The molecule has 1 N–H and O–H groups in total. The van der Waals surface area contributed by atoms with Gasteiger partial charge >= 0.3 is 12.1 Å². The van der Waals surface area contributed by atoms with Crippen LogP contribution in [0.1, 0.15) is 63.5 Å². The Hall–Kier alpha value is -2.86. The zero-order valence-electron chi connectivity index (χ0n) is 19.9. The van der Waals surface area contributed by atoms with Gasteiger partial charge in [0.1, 0.15) is 6.61 Å². The van der Waals surface area contributed by atoms with Crippen molar-refractivity contribution in [3.8, 4) is 0 Å². The maximum atomic E-state index is 13.4. The van der Waals surface area contributed by atoms with Gasteiger partial charge in [0.2, 0.25) is 0 Å². The number of ether oxygens (including phenoxy) is 1. The van der Waals surface area contributed by atoms with Crippen LogP contribution in [0.4, 0.5) is 10.5 Å². The lowest BCUT2D eigenvalue weighted by Gasteiger charge is -2.47. The number of fused-ring (bicyclic) bond motifs is 2. The number of hydrogen-bond donors (Lipinski definition) is 1. The first kappa shape index (κ1) is 20.7. The first-order valence-corrected chi connectivity index (χ1v) is 12.1. The molecular formula is C27H32N2O4. The first-order chi connectivity index (χ1) is 16.5. The number of aliphatic carboxylic acids is 1. The molecular weight excluding hydrogens is 416 g/mol. The summed E-state index contributed by atoms with van der Waals surface area (Å²) in [5.41, 5.74) is 2.52. The number of carbonyl (C=O) groups is 2. The molecule has 0 bridgehead atoms. The van der Waals surface area contributed by atoms with E-state index in [1.165, 1.54) is 0 Å². The predicted molar refractivity (Wildman–Crippen MR) is 126 cm³/mol. The van der Waals surface area contributed by atoms with Gasteiger partial charge < -0.3 is 9.84 Å². The summed E-state index contributed by atoms with van der Waals surface area (Å²) in [6.45, 7) is 0.793. The molecule has 33 heavy (non-hydrogen) atoms. The molecule has 174 valence electrons. The largest absolute Gasteiger partial charge is 0.481 e. The van der Waals surface area contributed by atoms with Gasteiger partial charge in [-0.1, -0.05) is 55.0 Å². The number of rotatable bonds is 8. The molecule has 6 nitrogen and oxygen atoms in total. The lowest BCUT2D eigenvalue weighted by molar-refractivity contribution is -0.137. The molecule has 1 amide bonds. The van der Waals surface area contributed by atoms with Crippen molar-refractivity contribution < 1.29 is 20.8 Å². The van der Waals surface area contributed by atoms with Crippen molar-refractivity contribution in [1.82, 2.24) is 4.90 Å². The SMILES string of the molecule is [2H]C1(N(CCCC(=O)O)C2CC2)c2ccccc2N(C(=O)OCc2ccccc2)C2CCCC21. The number of carbonyl (C=O) groups excluding carboxylic acids is 1. The Kier molecular flexibility index (Phi) is 6.00. The maximum Gasteiger partial charge on any atom is 0.414 e. The average Bonchev–Trinajstić information content (AvgIpc) is 3.56. The minimum atomic E-state index is -0.979. The number of anilines is 1. The van der Waals surface area contributed by atoms with Crippen LogP contribution < -0.4 is 4.90 Å². The summed E-state index contributed by atoms with van der Waals surface area (Å²) in [6.07, 6.45) is 5.01. The predicted octanol–water partition coefficient (Wildman–Crippen LogP) is 5.38. The van der Waals surface area contributed by atoms with E-state index in [9.17, 15) is 11.0 Å². The normalized spacial score (nSPS) is 26.5. The second-order valence-corrected chi connectivity index (χ2v) is 9.34. The van der Waals surface area contributed by atoms with Gasteiger partial charge in [0.05, 0.1) is 7.06 Å². The number of para-hydroxylation sites is 1. The molecule has 6 heteroatoms. The van der Waals surface area contributed by atoms with E-state index in [2.05, 4.69) is 4.90 Å². The lowest BCUT2D eigenvalue weighted by Crippen LogP contribution is -2.52. The number of hydrogen-bond acceptors (Lipinski definition) is 4. The van der Waals surface area contributed by atoms with Crippen molar-refractivity contribution >= 4 is 17.7 Å². The van der Waals surface area contributed by atoms with Crippen LogP contribution in [0, 0.1) is 5.92 Å². The molecule has 1 heterocycles. The summed E-state index contributed by atoms with van der Waals surface area (Å²) in [7, 11) is 0. The molecule has 3 aliphatic rings. The fourth-order valence-corrected chi connectivity index (χ4v) is 5.52. The highest BCUT2D eigenvalue weighted by Gasteiger charge is 2.50. The molecule has 2 aromatic rings. The van der Waals surface area contributed by atoms with Crippen molar-refractivity contribution in [3.63, 3.8) is 0 Å². The molecule has 2 fully saturated rings. The number of nitrogens with zero attached hydrogens (tertiary/aromatic N) is 2. The van der Waals surface area contributed by atoms with Gasteiger partial charge in [-0.2, -0.15) is 0 Å². The Morgan fingerprint density at radius 3 is 2.58 bits per heavy atom. The minimum absolute atomic E-state index is 0.0443. The lowest BCUT2D eigenvalue weighted by atomic mass is 9.81. The van der Waals surface area contributed by atoms with E-state index in [0.717, 1.165) is 48.9 Å². The molecule has 0 radical (unpaired) electrons. The maximum absolute atomic E-state index is 13.4. The summed E-state index contributed by atoms with van der Waals surface area (Å²) >= 11 is 0. The Labute approximate surface area is 196 Å². The Morgan fingerprint density at radius 1 is 1.06 bits per heavy atom. The highest BCUT2D eigenvalue weighted by Crippen LogP contribution is 2.52. The quantitative estimate of drug-likeness (QED) is 0.586. The number of carboxylic acids is 1. The molecule has 2 aliphatic carbocycles. The zero-order chi connectivity index (χ0) is 23.7. The summed E-state index contributed by atoms with van der Waals surface area (Å²) in [6, 6.07) is 16.7. The standard InChI is InChI=1S/C27H32N2O4/c30-25(31)14-7-17-28(20-15-16-20)26-21-10-4-5-12-23(21)29(24-13-6-11-22(24)26)27(32)33-18-19-8-2-1-3-9-19/h1-5,8-10,12,20,22,24,26H,6-7,11,13-18H2,(H,30,31)/i26D. The van der Waals surface area contributed by atoms with E-state index in [1.807, 2.05) is 54.6 Å². The van der Waals surface area contributed by atoms with E-state index in [1.54, 1.807) is 4.90 Å². The molecule has 0 spiro atoms. The Morgan fingerprint density at radius 2 is 1.82 bits per heavy atom. The van der Waals surface area contributed by atoms with Crippen molar-refractivity contribution in [2.75, 3.05) is 11.4 Å². The summed E-state index contributed by atoms with van der Waals surface area (Å²) in [5, 5.41) is 9.17. The Bertz CT molecular complexity index is 1040. The van der Waals surface area contributed by atoms with Crippen LogP contribution in [0.2, 0.25) is 0 Å². The topological polar surface area (TPSA) is 70.1 Å². The van der Waals surface area contributed by atoms with E-state index in [4.69, 9.17) is 9.84 Å². The van der Waals surface area contributed by atoms with Crippen molar-refractivity contribution in [2.45, 2.75) is 69.7 Å². The molecule has 0 aromatic heterocycles. The molecule has 2 aromatic carbocycles. The summed E-state index contributed by atoms with van der Waals surface area (Å²) in [4.78, 5) is 28.6. The monoisotopic (exact) mass is 449 g/mol. The number of amides is 1. The Balaban J connectivity index is 1.47. The van der Waals surface area contributed by atoms with Crippen molar-refractivity contribution in [2.24, 2.45) is 5.92 Å². The second-order valence-electron chi connectivity index (χ2n) is 9.34. The minimum Gasteiger partial charge on any atom is -0.481 e. The highest BCUT2D eigenvalue weighted by atomic mass is 16.6. The highest BCUT2D eigenvalue weighted by molar-refractivity contribution is 5.90. The van der Waals surface area contributed by atoms with Gasteiger partial charge in [-0.25, -0.2) is 4.79 Å². The van der Waals surface area contributed by atoms with Crippen molar-refractivity contribution in [1.29, 1.82) is 0 Å². The molecule has 0 saturated heterocycles. The van der Waals surface area contributed by atoms with Crippen molar-refractivity contribution in [3.05, 3.63) is 65.7 Å². The van der Waals surface area contributed by atoms with Crippen LogP contribution in [0.5, 0.6) is 0 Å². The van der Waals surface area contributed by atoms with Crippen LogP contribution in [0.25, 0.3) is 0 Å². The molecule has 3 atom stereocenters. The summed E-state index contributed by atoms with van der Waals surface area (Å²) in [5.74, 6) is -0.845. The fourth-order valence-electron chi connectivity index (χ4n) is 5.52. The third-order valence-electron chi connectivity index (χ3n) is 7.09. The van der Waals surface area contributed by atoms with Gasteiger partial charge in [0.25, 0.3) is 0 Å². The van der Waals surface area contributed by atoms with Gasteiger partial charge in [0, 0.05) is 24.5 Å². The fraction of sp³-hybridized carbons (Fsp3) is 0.481. The molecule has 3 unspecified atom stereocenters. The number of benzene rings is 2. The average molecular weight is 450 g/mol. The smallest absolute Gasteiger partial charge is 0.414 e. The van der Waals surface area contributed by atoms with Crippen LogP contribution in [0.3, 0.4) is 0 Å². The van der Waals surface area contributed by atoms with Crippen LogP contribution >= 0.6 is 0 Å².